The van der Waals surface area contributed by atoms with Crippen molar-refractivity contribution in [3.8, 4) is 11.1 Å². The fraction of sp³-hybridized carbons (Fsp3) is 0.150. The van der Waals surface area contributed by atoms with Crippen molar-refractivity contribution >= 4 is 29.3 Å². The highest BCUT2D eigenvalue weighted by Crippen LogP contribution is 2.44. The molecule has 27 heavy (non-hydrogen) atoms. The van der Waals surface area contributed by atoms with Gasteiger partial charge in [-0.25, -0.2) is 9.59 Å². The average molecular weight is 380 g/mol. The van der Waals surface area contributed by atoms with E-state index >= 15 is 0 Å². The van der Waals surface area contributed by atoms with Crippen LogP contribution in [0, 0.1) is 6.92 Å². The van der Waals surface area contributed by atoms with E-state index in [0.29, 0.717) is 5.69 Å². The van der Waals surface area contributed by atoms with Gasteiger partial charge in [0, 0.05) is 5.92 Å². The number of nitrogens with zero attached hydrogens (tertiary/aromatic N) is 1. The summed E-state index contributed by atoms with van der Waals surface area (Å²) in [6.45, 7) is 1.81. The van der Waals surface area contributed by atoms with Gasteiger partial charge < -0.3 is 9.84 Å². The number of carboxylic acids is 1. The molecule has 7 heteroatoms. The van der Waals surface area contributed by atoms with Crippen LogP contribution in [0.2, 0.25) is 0 Å². The summed E-state index contributed by atoms with van der Waals surface area (Å²) in [4.78, 5) is 23.5. The predicted molar refractivity (Wildman–Crippen MR) is 103 cm³/mol. The van der Waals surface area contributed by atoms with Crippen molar-refractivity contribution in [2.45, 2.75) is 12.8 Å². The van der Waals surface area contributed by atoms with Crippen LogP contribution in [0.3, 0.4) is 0 Å². The molecular formula is C20H16N2O4S. The zero-order valence-corrected chi connectivity index (χ0v) is 15.2. The fourth-order valence-corrected chi connectivity index (χ4v) is 4.09. The Balaban J connectivity index is 1.52. The number of benzene rings is 2. The van der Waals surface area contributed by atoms with Crippen LogP contribution < -0.4 is 5.32 Å². The Morgan fingerprint density at radius 3 is 2.30 bits per heavy atom. The number of hydrogen-bond acceptors (Lipinski definition) is 5. The number of nitrogens with one attached hydrogen (secondary N) is 1. The van der Waals surface area contributed by atoms with Crippen molar-refractivity contribution in [3.63, 3.8) is 0 Å². The van der Waals surface area contributed by atoms with Crippen molar-refractivity contribution in [2.24, 2.45) is 0 Å². The lowest BCUT2D eigenvalue weighted by Gasteiger charge is -2.14. The summed E-state index contributed by atoms with van der Waals surface area (Å²) >= 11 is 0.831. The second kappa shape index (κ2) is 6.85. The number of amides is 1. The highest BCUT2D eigenvalue weighted by Gasteiger charge is 2.29. The maximum atomic E-state index is 12.3. The first-order valence-corrected chi connectivity index (χ1v) is 9.15. The molecule has 1 heterocycles. The van der Waals surface area contributed by atoms with Gasteiger partial charge >= 0.3 is 12.1 Å². The van der Waals surface area contributed by atoms with Gasteiger partial charge in [-0.2, -0.15) is 4.37 Å². The van der Waals surface area contributed by atoms with Gasteiger partial charge in [-0.15, -0.1) is 0 Å². The molecule has 2 aromatic carbocycles. The van der Waals surface area contributed by atoms with E-state index in [1.807, 2.05) is 36.4 Å². The van der Waals surface area contributed by atoms with Crippen molar-refractivity contribution in [1.29, 1.82) is 0 Å². The molecule has 4 rings (SSSR count). The molecule has 0 aliphatic heterocycles. The minimum absolute atomic E-state index is 0.0130. The molecule has 136 valence electrons. The third-order valence-corrected chi connectivity index (χ3v) is 5.55. The second-order valence-electron chi connectivity index (χ2n) is 6.23. The van der Waals surface area contributed by atoms with E-state index in [9.17, 15) is 14.7 Å². The minimum Gasteiger partial charge on any atom is -0.477 e. The van der Waals surface area contributed by atoms with Gasteiger partial charge in [0.2, 0.25) is 0 Å². The molecule has 6 nitrogen and oxygen atoms in total. The highest BCUT2D eigenvalue weighted by atomic mass is 32.1. The van der Waals surface area contributed by atoms with Crippen LogP contribution in [0.5, 0.6) is 0 Å². The molecule has 0 saturated heterocycles. The zero-order valence-electron chi connectivity index (χ0n) is 14.4. The van der Waals surface area contributed by atoms with Gasteiger partial charge in [0.1, 0.15) is 6.61 Å². The Labute approximate surface area is 159 Å². The van der Waals surface area contributed by atoms with Crippen LogP contribution in [0.4, 0.5) is 10.5 Å². The minimum atomic E-state index is -1.13. The van der Waals surface area contributed by atoms with Crippen LogP contribution >= 0.6 is 11.5 Å². The molecule has 0 saturated carbocycles. The Morgan fingerprint density at radius 1 is 1.11 bits per heavy atom. The first kappa shape index (κ1) is 17.2. The Kier molecular flexibility index (Phi) is 4.37. The summed E-state index contributed by atoms with van der Waals surface area (Å²) in [5.74, 6) is -1.18. The van der Waals surface area contributed by atoms with Crippen LogP contribution in [0.25, 0.3) is 11.1 Å². The number of carbonyl (C=O) groups is 2. The number of carbonyl (C=O) groups excluding carboxylic acids is 1. The first-order chi connectivity index (χ1) is 13.1. The van der Waals surface area contributed by atoms with Crippen LogP contribution in [-0.4, -0.2) is 28.1 Å². The van der Waals surface area contributed by atoms with Gasteiger partial charge in [-0.3, -0.25) is 5.32 Å². The lowest BCUT2D eigenvalue weighted by Crippen LogP contribution is -2.19. The average Bonchev–Trinajstić information content (AvgIpc) is 3.19. The molecule has 3 aromatic rings. The van der Waals surface area contributed by atoms with E-state index in [0.717, 1.165) is 33.8 Å². The lowest BCUT2D eigenvalue weighted by molar-refractivity contribution is 0.0703. The molecule has 0 fully saturated rings. The van der Waals surface area contributed by atoms with Gasteiger partial charge in [0.05, 0.1) is 11.4 Å². The normalized spacial score (nSPS) is 12.3. The summed E-state index contributed by atoms with van der Waals surface area (Å²) in [6.07, 6.45) is -0.692. The number of rotatable bonds is 4. The van der Waals surface area contributed by atoms with Crippen LogP contribution in [0.15, 0.2) is 48.5 Å². The van der Waals surface area contributed by atoms with Gasteiger partial charge in [-0.1, -0.05) is 48.5 Å². The van der Waals surface area contributed by atoms with Crippen molar-refractivity contribution < 1.29 is 19.4 Å². The highest BCUT2D eigenvalue weighted by molar-refractivity contribution is 7.08. The number of aromatic carboxylic acids is 1. The third-order valence-electron chi connectivity index (χ3n) is 4.63. The SMILES string of the molecule is Cc1nsc(C(=O)O)c1NC(=O)OCC1c2ccccc2-c2ccccc21. The van der Waals surface area contributed by atoms with E-state index in [-0.39, 0.29) is 23.1 Å². The molecule has 1 amide bonds. The maximum absolute atomic E-state index is 12.3. The molecule has 1 aromatic heterocycles. The van der Waals surface area contributed by atoms with E-state index in [4.69, 9.17) is 4.74 Å². The molecule has 2 N–H and O–H groups in total. The molecule has 1 aliphatic rings. The van der Waals surface area contributed by atoms with E-state index in [1.165, 1.54) is 0 Å². The third kappa shape index (κ3) is 3.06. The van der Waals surface area contributed by atoms with Crippen molar-refractivity contribution in [3.05, 3.63) is 70.2 Å². The van der Waals surface area contributed by atoms with E-state index in [1.54, 1.807) is 6.92 Å². The molecule has 0 unspecified atom stereocenters. The lowest BCUT2D eigenvalue weighted by atomic mass is 9.98. The molecular weight excluding hydrogens is 364 g/mol. The molecule has 0 radical (unpaired) electrons. The number of aryl methyl sites for hydroxylation is 1. The molecule has 1 aliphatic carbocycles. The fourth-order valence-electron chi connectivity index (χ4n) is 3.40. The largest absolute Gasteiger partial charge is 0.477 e. The smallest absolute Gasteiger partial charge is 0.411 e. The van der Waals surface area contributed by atoms with Crippen LogP contribution in [0.1, 0.15) is 32.4 Å². The molecule has 0 bridgehead atoms. The van der Waals surface area contributed by atoms with Crippen molar-refractivity contribution in [1.82, 2.24) is 4.37 Å². The molecule has 0 spiro atoms. The topological polar surface area (TPSA) is 88.5 Å². The summed E-state index contributed by atoms with van der Waals surface area (Å²) in [6, 6.07) is 16.1. The summed E-state index contributed by atoms with van der Waals surface area (Å²) in [7, 11) is 0. The quantitative estimate of drug-likeness (QED) is 0.695. The van der Waals surface area contributed by atoms with Gasteiger partial charge in [0.15, 0.2) is 4.88 Å². The first-order valence-electron chi connectivity index (χ1n) is 8.38. The van der Waals surface area contributed by atoms with Gasteiger partial charge in [0.25, 0.3) is 0 Å². The summed E-state index contributed by atoms with van der Waals surface area (Å²) in [5, 5.41) is 11.7. The summed E-state index contributed by atoms with van der Waals surface area (Å²) in [5.41, 5.74) is 5.16. The predicted octanol–water partition coefficient (Wildman–Crippen LogP) is 4.51. The molecule has 0 atom stereocenters. The number of ether oxygens (including phenoxy) is 1. The number of hydrogen-bond donors (Lipinski definition) is 2. The monoisotopic (exact) mass is 380 g/mol. The Hall–Kier alpha value is -3.19. The standard InChI is InChI=1S/C20H16N2O4S/c1-11-17(18(19(23)24)27-22-11)21-20(25)26-10-16-14-8-4-2-6-12(14)13-7-3-5-9-15(13)16/h2-9,16H,10H2,1H3,(H,21,25)(H,23,24). The van der Waals surface area contributed by atoms with Crippen LogP contribution in [-0.2, 0) is 4.74 Å². The number of carboxylic acid groups (broad SMARTS) is 1. The van der Waals surface area contributed by atoms with Gasteiger partial charge in [-0.05, 0) is 40.7 Å². The second-order valence-corrected chi connectivity index (χ2v) is 7.00. The number of aromatic nitrogens is 1. The van der Waals surface area contributed by atoms with Crippen molar-refractivity contribution in [2.75, 3.05) is 11.9 Å². The zero-order chi connectivity index (χ0) is 19.0. The van der Waals surface area contributed by atoms with E-state index in [2.05, 4.69) is 21.8 Å². The van der Waals surface area contributed by atoms with E-state index < -0.39 is 12.1 Å². The number of anilines is 1. The Morgan fingerprint density at radius 2 is 1.70 bits per heavy atom. The Bertz CT molecular complexity index is 998. The number of fused-ring (bicyclic) bond motifs is 3. The summed E-state index contributed by atoms with van der Waals surface area (Å²) < 4.78 is 9.42. The maximum Gasteiger partial charge on any atom is 0.411 e.